The predicted octanol–water partition coefficient (Wildman–Crippen LogP) is 1.72. The quantitative estimate of drug-likeness (QED) is 0.773. The number of nitrogens with one attached hydrogen (secondary N) is 2. The number of carbonyl (C=O) groups excluding carboxylic acids is 2. The maximum Gasteiger partial charge on any atom is 0.258 e. The number of hydrogen-bond donors (Lipinski definition) is 2. The van der Waals surface area contributed by atoms with Crippen molar-refractivity contribution >= 4 is 35.0 Å². The molecule has 2 aliphatic carbocycles. The predicted molar refractivity (Wildman–Crippen MR) is 83.2 cm³/mol. The molecule has 2 aliphatic rings. The van der Waals surface area contributed by atoms with Gasteiger partial charge < -0.3 is 15.4 Å². The first-order valence-electron chi connectivity index (χ1n) is 7.07. The summed E-state index contributed by atoms with van der Waals surface area (Å²) in [6, 6.07) is 6.95. The van der Waals surface area contributed by atoms with Crippen LogP contribution in [0.3, 0.4) is 0 Å². The molecule has 1 unspecified atom stereocenters. The van der Waals surface area contributed by atoms with Crippen molar-refractivity contribution in [2.75, 3.05) is 12.5 Å². The third kappa shape index (κ3) is 3.15. The molecule has 0 saturated heterocycles. The van der Waals surface area contributed by atoms with Gasteiger partial charge in [-0.2, -0.15) is 0 Å². The molecule has 0 radical (unpaired) electrons. The fraction of sp³-hybridized carbons (Fsp3) is 0.467. The Balaban J connectivity index is 1.39. The number of rotatable bonds is 6. The number of hydrogen-bond acceptors (Lipinski definition) is 3. The number of fused-ring (bicyclic) bond motifs is 1. The Morgan fingerprint density at radius 1 is 1.23 bits per heavy atom. The van der Waals surface area contributed by atoms with Gasteiger partial charge in [0.2, 0.25) is 5.91 Å². The van der Waals surface area contributed by atoms with E-state index in [9.17, 15) is 9.59 Å². The Kier molecular flexibility index (Phi) is 4.19. The van der Waals surface area contributed by atoms with Gasteiger partial charge in [-0.15, -0.1) is 11.6 Å². The molecule has 0 aromatic heterocycles. The summed E-state index contributed by atoms with van der Waals surface area (Å²) in [7, 11) is 0. The fourth-order valence-corrected chi connectivity index (χ4v) is 3.25. The monoisotopic (exact) mass is 342 g/mol. The van der Waals surface area contributed by atoms with Gasteiger partial charge in [0.15, 0.2) is 6.61 Å². The minimum Gasteiger partial charge on any atom is -0.484 e. The lowest BCUT2D eigenvalue weighted by molar-refractivity contribution is -0.124. The maximum atomic E-state index is 11.9. The van der Waals surface area contributed by atoms with Crippen molar-refractivity contribution in [2.24, 2.45) is 5.92 Å². The molecule has 0 heterocycles. The molecule has 3 atom stereocenters. The smallest absolute Gasteiger partial charge is 0.258 e. The van der Waals surface area contributed by atoms with Gasteiger partial charge >= 0.3 is 0 Å². The van der Waals surface area contributed by atoms with Gasteiger partial charge in [-0.05, 0) is 37.1 Å². The van der Waals surface area contributed by atoms with E-state index in [-0.39, 0.29) is 35.9 Å². The van der Waals surface area contributed by atoms with Crippen molar-refractivity contribution in [3.63, 3.8) is 0 Å². The normalized spacial score (nSPS) is 28.1. The first-order chi connectivity index (χ1) is 10.5. The van der Waals surface area contributed by atoms with Crippen LogP contribution in [0, 0.1) is 5.92 Å². The van der Waals surface area contributed by atoms with E-state index < -0.39 is 0 Å². The lowest BCUT2D eigenvalue weighted by Crippen LogP contribution is -2.56. The zero-order valence-corrected chi connectivity index (χ0v) is 13.3. The lowest BCUT2D eigenvalue weighted by Gasteiger charge is -2.35. The lowest BCUT2D eigenvalue weighted by atomic mass is 9.86. The summed E-state index contributed by atoms with van der Waals surface area (Å²) in [6.45, 7) is -0.0358. The molecular weight excluding hydrogens is 327 g/mol. The van der Waals surface area contributed by atoms with Crippen LogP contribution in [0.5, 0.6) is 5.75 Å². The number of halogens is 2. The summed E-state index contributed by atoms with van der Waals surface area (Å²) in [5, 5.41) is 6.47. The summed E-state index contributed by atoms with van der Waals surface area (Å²) in [4.78, 5) is 23.2. The summed E-state index contributed by atoms with van der Waals surface area (Å²) >= 11 is 11.3. The summed E-state index contributed by atoms with van der Waals surface area (Å²) in [6.07, 6.45) is 1.66. The van der Waals surface area contributed by atoms with E-state index in [4.69, 9.17) is 27.9 Å². The number of benzene rings is 1. The number of ether oxygens (including phenoxy) is 1. The molecule has 2 saturated carbocycles. The molecule has 5 nitrogen and oxygen atoms in total. The second-order valence-corrected chi connectivity index (χ2v) is 6.47. The molecule has 7 heteroatoms. The number of amides is 2. The second-order valence-electron chi connectivity index (χ2n) is 5.77. The first kappa shape index (κ1) is 15.4. The summed E-state index contributed by atoms with van der Waals surface area (Å²) in [5.74, 6) is 0.576. The van der Waals surface area contributed by atoms with Crippen LogP contribution in [0.4, 0.5) is 0 Å². The third-order valence-electron chi connectivity index (χ3n) is 4.24. The second kappa shape index (κ2) is 5.97. The van der Waals surface area contributed by atoms with E-state index in [2.05, 4.69) is 10.6 Å². The van der Waals surface area contributed by atoms with Gasteiger partial charge in [-0.3, -0.25) is 9.59 Å². The van der Waals surface area contributed by atoms with Gasteiger partial charge in [-0.1, -0.05) is 11.6 Å². The Bertz CT molecular complexity index is 593. The molecule has 0 bridgehead atoms. The zero-order valence-electron chi connectivity index (χ0n) is 11.8. The number of alkyl halides is 1. The zero-order chi connectivity index (χ0) is 15.7. The van der Waals surface area contributed by atoms with Crippen LogP contribution in [0.15, 0.2) is 24.3 Å². The van der Waals surface area contributed by atoms with Crippen LogP contribution in [0.1, 0.15) is 12.8 Å². The highest BCUT2D eigenvalue weighted by Crippen LogP contribution is 2.59. The Hall–Kier alpha value is -1.46. The minimum absolute atomic E-state index is 0.0274. The van der Waals surface area contributed by atoms with Crippen LogP contribution < -0.4 is 15.4 Å². The topological polar surface area (TPSA) is 67.4 Å². The van der Waals surface area contributed by atoms with E-state index in [1.54, 1.807) is 24.3 Å². The molecular formula is C15H16Cl2N2O3. The van der Waals surface area contributed by atoms with E-state index in [0.29, 0.717) is 16.7 Å². The molecule has 2 fully saturated rings. The molecule has 3 rings (SSSR count). The molecule has 1 aromatic rings. The van der Waals surface area contributed by atoms with Crippen molar-refractivity contribution in [3.8, 4) is 5.75 Å². The Morgan fingerprint density at radius 3 is 2.59 bits per heavy atom. The van der Waals surface area contributed by atoms with Crippen LogP contribution in [0.25, 0.3) is 0 Å². The van der Waals surface area contributed by atoms with Gasteiger partial charge in [0.1, 0.15) is 11.6 Å². The van der Waals surface area contributed by atoms with E-state index in [1.807, 2.05) is 0 Å². The highest BCUT2D eigenvalue weighted by atomic mass is 35.5. The van der Waals surface area contributed by atoms with E-state index in [0.717, 1.165) is 12.8 Å². The maximum absolute atomic E-state index is 11.9. The highest BCUT2D eigenvalue weighted by molar-refractivity contribution is 6.30. The van der Waals surface area contributed by atoms with Gasteiger partial charge in [0, 0.05) is 22.5 Å². The van der Waals surface area contributed by atoms with Crippen molar-refractivity contribution in [1.29, 1.82) is 0 Å². The molecule has 2 N–H and O–H groups in total. The Morgan fingerprint density at radius 2 is 1.95 bits per heavy atom. The third-order valence-corrected chi connectivity index (χ3v) is 4.74. The molecule has 22 heavy (non-hydrogen) atoms. The average molecular weight is 343 g/mol. The fourth-order valence-electron chi connectivity index (χ4n) is 3.06. The molecule has 2 amide bonds. The molecule has 118 valence electrons. The molecule has 0 spiro atoms. The van der Waals surface area contributed by atoms with E-state index >= 15 is 0 Å². The van der Waals surface area contributed by atoms with Crippen molar-refractivity contribution in [1.82, 2.24) is 10.6 Å². The van der Waals surface area contributed by atoms with Crippen LogP contribution >= 0.6 is 23.2 Å². The minimum atomic E-state index is -0.163. The van der Waals surface area contributed by atoms with Crippen molar-refractivity contribution in [3.05, 3.63) is 29.3 Å². The standard InChI is InChI=1S/C15H16Cl2N2O3/c16-7-13(20)19-15-5-11(15)12(6-15)18-14(21)8-22-10-3-1-9(17)2-4-10/h1-4,11-12H,5-8H2,(H,18,21)(H,19,20)/t11?,12-,15+/m1/s1. The van der Waals surface area contributed by atoms with E-state index in [1.165, 1.54) is 0 Å². The summed E-state index contributed by atoms with van der Waals surface area (Å²) in [5.41, 5.74) is -0.124. The van der Waals surface area contributed by atoms with Crippen LogP contribution in [-0.2, 0) is 9.59 Å². The van der Waals surface area contributed by atoms with Gasteiger partial charge in [0.05, 0.1) is 0 Å². The number of carbonyl (C=O) groups is 2. The SMILES string of the molecule is O=C(COc1ccc(Cl)cc1)N[C@@H]1C[C@@]2(NC(=O)CCl)CC12. The highest BCUT2D eigenvalue weighted by Gasteiger charge is 2.68. The van der Waals surface area contributed by atoms with Gasteiger partial charge in [-0.25, -0.2) is 0 Å². The molecule has 1 aromatic carbocycles. The first-order valence-corrected chi connectivity index (χ1v) is 7.98. The van der Waals surface area contributed by atoms with Gasteiger partial charge in [0.25, 0.3) is 5.91 Å². The average Bonchev–Trinajstić information content (AvgIpc) is 3.08. The molecule has 0 aliphatic heterocycles. The van der Waals surface area contributed by atoms with Crippen molar-refractivity contribution < 1.29 is 14.3 Å². The Labute approximate surface area is 138 Å². The summed E-state index contributed by atoms with van der Waals surface area (Å²) < 4.78 is 5.39. The van der Waals surface area contributed by atoms with Crippen LogP contribution in [0.2, 0.25) is 5.02 Å². The van der Waals surface area contributed by atoms with Crippen LogP contribution in [-0.4, -0.2) is 35.9 Å². The largest absolute Gasteiger partial charge is 0.484 e. The van der Waals surface area contributed by atoms with Crippen molar-refractivity contribution in [2.45, 2.75) is 24.4 Å².